The number of amides is 1. The monoisotopic (exact) mass is 477 g/mol. The number of hydrogen-bond acceptors (Lipinski definition) is 7. The number of carbonyl (C=O) groups is 1. The number of hydrogen-bond donors (Lipinski definition) is 1. The summed E-state index contributed by atoms with van der Waals surface area (Å²) in [5, 5.41) is 3.57. The van der Waals surface area contributed by atoms with Crippen LogP contribution in [-0.2, 0) is 5.54 Å². The Balaban J connectivity index is 1.51. The van der Waals surface area contributed by atoms with E-state index >= 15 is 0 Å². The second-order valence-corrected chi connectivity index (χ2v) is 9.36. The number of nitrogens with one attached hydrogen (secondary N) is 1. The molecule has 0 aliphatic carbocycles. The molecule has 9 heteroatoms. The van der Waals surface area contributed by atoms with E-state index in [9.17, 15) is 9.18 Å². The summed E-state index contributed by atoms with van der Waals surface area (Å²) in [4.78, 5) is 28.6. The van der Waals surface area contributed by atoms with Crippen LogP contribution in [0.2, 0.25) is 0 Å². The van der Waals surface area contributed by atoms with E-state index < -0.39 is 11.4 Å². The van der Waals surface area contributed by atoms with Crippen molar-refractivity contribution in [1.82, 2.24) is 15.3 Å². The number of aromatic nitrogens is 2. The summed E-state index contributed by atoms with van der Waals surface area (Å²) in [5.41, 5.74) is 1.28. The summed E-state index contributed by atoms with van der Waals surface area (Å²) >= 11 is 1.53. The molecule has 0 spiro atoms. The lowest BCUT2D eigenvalue weighted by molar-refractivity contribution is 0.0977. The summed E-state index contributed by atoms with van der Waals surface area (Å²) in [5.74, 6) is 0.509. The van der Waals surface area contributed by atoms with Gasteiger partial charge in [-0.3, -0.25) is 4.79 Å². The predicted octanol–water partition coefficient (Wildman–Crippen LogP) is 3.80. The molecule has 7 nitrogen and oxygen atoms in total. The molecule has 0 radical (unpaired) electrons. The van der Waals surface area contributed by atoms with Crippen molar-refractivity contribution in [3.8, 4) is 5.88 Å². The van der Waals surface area contributed by atoms with Crippen molar-refractivity contribution >= 4 is 28.8 Å². The van der Waals surface area contributed by atoms with Crippen LogP contribution in [-0.4, -0.2) is 47.0 Å². The fourth-order valence-electron chi connectivity index (χ4n) is 4.50. The first kappa shape index (κ1) is 22.3. The second kappa shape index (κ2) is 9.06. The topological polar surface area (TPSA) is 79.7 Å². The average molecular weight is 478 g/mol. The minimum Gasteiger partial charge on any atom is -0.479 e. The number of methoxy groups -OCH3 is 1. The van der Waals surface area contributed by atoms with E-state index in [1.807, 2.05) is 41.3 Å². The molecule has 34 heavy (non-hydrogen) atoms. The van der Waals surface area contributed by atoms with Gasteiger partial charge < -0.3 is 15.0 Å². The molecule has 3 aromatic rings. The minimum atomic E-state index is -0.593. The second-order valence-electron chi connectivity index (χ2n) is 8.35. The molecule has 0 bridgehead atoms. The van der Waals surface area contributed by atoms with E-state index in [0.29, 0.717) is 29.8 Å². The Bertz CT molecular complexity index is 1240. The lowest BCUT2D eigenvalue weighted by atomic mass is 9.82. The average Bonchev–Trinajstić information content (AvgIpc) is 3.27. The van der Waals surface area contributed by atoms with Crippen molar-refractivity contribution in [2.45, 2.75) is 12.5 Å². The molecule has 1 amide bonds. The van der Waals surface area contributed by atoms with E-state index in [4.69, 9.17) is 9.73 Å². The van der Waals surface area contributed by atoms with Crippen molar-refractivity contribution in [2.75, 3.05) is 30.9 Å². The zero-order valence-corrected chi connectivity index (χ0v) is 19.7. The van der Waals surface area contributed by atoms with Gasteiger partial charge in [0.25, 0.3) is 11.8 Å². The maximum atomic E-state index is 14.3. The minimum absolute atomic E-state index is 0.0696. The normalized spacial score (nSPS) is 21.6. The van der Waals surface area contributed by atoms with Gasteiger partial charge in [-0.15, -0.1) is 0 Å². The van der Waals surface area contributed by atoms with Crippen molar-refractivity contribution < 1.29 is 13.9 Å². The van der Waals surface area contributed by atoms with Gasteiger partial charge in [0.2, 0.25) is 11.8 Å². The third kappa shape index (κ3) is 4.00. The molecule has 2 aromatic carbocycles. The number of nitrogens with zero attached hydrogens (tertiary/aromatic N) is 4. The molecule has 1 saturated heterocycles. The molecule has 3 heterocycles. The lowest BCUT2D eigenvalue weighted by Gasteiger charge is -2.35. The standard InChI is InChI=1S/C25H24FN5O2S/c1-16-20(26)22(33-2)29-23(27-16)31-13-19-14-34-24(28-21(32)17-9-5-3-6-10-17)30-25(19,15-31)18-11-7-4-8-12-18/h3-12,19H,13-15H2,1-2H3,(H,28,30,32)/t19-,25?/m0/s1. The fraction of sp³-hybridized carbons (Fsp3) is 0.280. The number of rotatable bonds is 4. The Hall–Kier alpha value is -3.46. The summed E-state index contributed by atoms with van der Waals surface area (Å²) < 4.78 is 19.4. The Labute approximate surface area is 201 Å². The third-order valence-corrected chi connectivity index (χ3v) is 7.29. The van der Waals surface area contributed by atoms with Crippen LogP contribution in [0.15, 0.2) is 65.7 Å². The SMILES string of the molecule is COc1nc(N2C[C@H]3CSC(NC(=O)c4ccccc4)=NC3(c3ccccc3)C2)nc(C)c1F. The first-order chi connectivity index (χ1) is 16.5. The van der Waals surface area contributed by atoms with Crippen molar-refractivity contribution in [2.24, 2.45) is 10.9 Å². The predicted molar refractivity (Wildman–Crippen MR) is 131 cm³/mol. The Morgan fingerprint density at radius 1 is 1.15 bits per heavy atom. The van der Waals surface area contributed by atoms with Crippen LogP contribution in [0.3, 0.4) is 0 Å². The van der Waals surface area contributed by atoms with Gasteiger partial charge in [0, 0.05) is 23.8 Å². The zero-order chi connectivity index (χ0) is 23.7. The number of anilines is 1. The number of fused-ring (bicyclic) bond motifs is 1. The van der Waals surface area contributed by atoms with Crippen LogP contribution in [0.25, 0.3) is 0 Å². The third-order valence-electron chi connectivity index (χ3n) is 6.25. The summed E-state index contributed by atoms with van der Waals surface area (Å²) in [7, 11) is 1.40. The molecule has 1 fully saturated rings. The maximum absolute atomic E-state index is 14.3. The Morgan fingerprint density at radius 3 is 2.56 bits per heavy atom. The number of halogens is 1. The maximum Gasteiger partial charge on any atom is 0.257 e. The largest absolute Gasteiger partial charge is 0.479 e. The molecular formula is C25H24FN5O2S. The van der Waals surface area contributed by atoms with E-state index in [1.165, 1.54) is 18.9 Å². The number of aliphatic imine (C=N–C) groups is 1. The van der Waals surface area contributed by atoms with E-state index in [2.05, 4.69) is 27.4 Å². The van der Waals surface area contributed by atoms with Crippen molar-refractivity contribution in [3.05, 3.63) is 83.3 Å². The molecule has 1 unspecified atom stereocenters. The summed E-state index contributed by atoms with van der Waals surface area (Å²) in [6, 6.07) is 19.2. The molecular weight excluding hydrogens is 453 g/mol. The van der Waals surface area contributed by atoms with Gasteiger partial charge in [0.15, 0.2) is 5.17 Å². The molecule has 1 aromatic heterocycles. The van der Waals surface area contributed by atoms with Crippen LogP contribution in [0.5, 0.6) is 5.88 Å². The van der Waals surface area contributed by atoms with Crippen LogP contribution >= 0.6 is 11.8 Å². The molecule has 0 saturated carbocycles. The van der Waals surface area contributed by atoms with E-state index in [1.54, 1.807) is 19.1 Å². The van der Waals surface area contributed by atoms with Crippen LogP contribution in [0, 0.1) is 18.7 Å². The van der Waals surface area contributed by atoms with Crippen LogP contribution < -0.4 is 15.0 Å². The first-order valence-electron chi connectivity index (χ1n) is 11.0. The van der Waals surface area contributed by atoms with E-state index in [-0.39, 0.29) is 23.4 Å². The van der Waals surface area contributed by atoms with Crippen LogP contribution in [0.4, 0.5) is 10.3 Å². The Morgan fingerprint density at radius 2 is 1.85 bits per heavy atom. The van der Waals surface area contributed by atoms with Crippen LogP contribution in [0.1, 0.15) is 21.6 Å². The highest BCUT2D eigenvalue weighted by atomic mass is 32.2. The van der Waals surface area contributed by atoms with E-state index in [0.717, 1.165) is 11.3 Å². The number of benzene rings is 2. The van der Waals surface area contributed by atoms with Gasteiger partial charge in [-0.2, -0.15) is 9.37 Å². The van der Waals surface area contributed by atoms with Gasteiger partial charge >= 0.3 is 0 Å². The smallest absolute Gasteiger partial charge is 0.257 e. The molecule has 2 aliphatic rings. The number of ether oxygens (including phenoxy) is 1. The molecule has 174 valence electrons. The van der Waals surface area contributed by atoms with Gasteiger partial charge in [0.1, 0.15) is 5.54 Å². The highest BCUT2D eigenvalue weighted by molar-refractivity contribution is 8.13. The molecule has 1 N–H and O–H groups in total. The highest BCUT2D eigenvalue weighted by Gasteiger charge is 2.51. The highest BCUT2D eigenvalue weighted by Crippen LogP contribution is 2.46. The van der Waals surface area contributed by atoms with Gasteiger partial charge in [0.05, 0.1) is 19.3 Å². The molecule has 5 rings (SSSR count). The van der Waals surface area contributed by atoms with Gasteiger partial charge in [-0.1, -0.05) is 60.3 Å². The fourth-order valence-corrected chi connectivity index (χ4v) is 5.63. The summed E-state index contributed by atoms with van der Waals surface area (Å²) in [6.45, 7) is 2.76. The zero-order valence-electron chi connectivity index (χ0n) is 18.9. The summed E-state index contributed by atoms with van der Waals surface area (Å²) in [6.07, 6.45) is 0. The molecule has 2 aliphatic heterocycles. The van der Waals surface area contributed by atoms with Crippen molar-refractivity contribution in [1.29, 1.82) is 0 Å². The van der Waals surface area contributed by atoms with Gasteiger partial charge in [-0.25, -0.2) is 9.98 Å². The first-order valence-corrected chi connectivity index (χ1v) is 12.0. The number of carbonyl (C=O) groups excluding carboxylic acids is 1. The lowest BCUT2D eigenvalue weighted by Crippen LogP contribution is -2.42. The van der Waals surface area contributed by atoms with Crippen molar-refractivity contribution in [3.63, 3.8) is 0 Å². The number of thioether (sulfide) groups is 1. The number of amidine groups is 1. The van der Waals surface area contributed by atoms with Gasteiger partial charge in [-0.05, 0) is 24.6 Å². The quantitative estimate of drug-likeness (QED) is 0.616. The Kier molecular flexibility index (Phi) is 5.95. The molecule has 2 atom stereocenters. The number of aryl methyl sites for hydroxylation is 1.